The Kier molecular flexibility index (Phi) is 4.29. The minimum Gasteiger partial charge on any atom is -0.342 e. The topological polar surface area (TPSA) is 105 Å². The van der Waals surface area contributed by atoms with E-state index in [-0.39, 0.29) is 17.4 Å². The number of carbonyl (C=O) groups excluding carboxylic acids is 2. The van der Waals surface area contributed by atoms with Crippen LogP contribution in [-0.4, -0.2) is 40.3 Å². The van der Waals surface area contributed by atoms with Gasteiger partial charge in [0.25, 0.3) is 5.69 Å². The number of hydrogen-bond donors (Lipinski definition) is 1. The van der Waals surface area contributed by atoms with Gasteiger partial charge >= 0.3 is 0 Å². The summed E-state index contributed by atoms with van der Waals surface area (Å²) < 4.78 is 0. The number of amides is 1. The summed E-state index contributed by atoms with van der Waals surface area (Å²) in [5.74, 6) is -0.225. The van der Waals surface area contributed by atoms with Crippen LogP contribution < -0.4 is 5.43 Å². The van der Waals surface area contributed by atoms with Gasteiger partial charge in [0.1, 0.15) is 11.1 Å². The number of likely N-dealkylation sites (tertiary alicyclic amines) is 1. The number of nitrogens with zero attached hydrogens (tertiary/aromatic N) is 3. The van der Waals surface area contributed by atoms with Crippen LogP contribution in [0.5, 0.6) is 0 Å². The summed E-state index contributed by atoms with van der Waals surface area (Å²) in [6, 6.07) is 5.88. The van der Waals surface area contributed by atoms with Gasteiger partial charge in [-0.3, -0.25) is 25.1 Å². The first-order valence-electron chi connectivity index (χ1n) is 10.1. The smallest absolute Gasteiger partial charge is 0.269 e. The Morgan fingerprint density at radius 1 is 1.14 bits per heavy atom. The molecule has 1 aliphatic heterocycles. The van der Waals surface area contributed by atoms with Gasteiger partial charge in [-0.05, 0) is 43.2 Å². The molecule has 154 valence electrons. The van der Waals surface area contributed by atoms with Crippen molar-refractivity contribution in [3.63, 3.8) is 0 Å². The molecule has 29 heavy (non-hydrogen) atoms. The molecule has 3 fully saturated rings. The minimum absolute atomic E-state index is 0.0116. The Morgan fingerprint density at radius 3 is 2.34 bits per heavy atom. The highest BCUT2D eigenvalue weighted by Crippen LogP contribution is 2.69. The lowest BCUT2D eigenvalue weighted by molar-refractivity contribution is -0.384. The summed E-state index contributed by atoms with van der Waals surface area (Å²) in [4.78, 5) is 39.2. The second-order valence-electron chi connectivity index (χ2n) is 9.07. The van der Waals surface area contributed by atoms with E-state index in [1.807, 2.05) is 25.7 Å². The molecule has 2 saturated carbocycles. The van der Waals surface area contributed by atoms with E-state index in [9.17, 15) is 19.7 Å². The predicted molar refractivity (Wildman–Crippen MR) is 109 cm³/mol. The lowest BCUT2D eigenvalue weighted by Gasteiger charge is -2.39. The first-order chi connectivity index (χ1) is 13.6. The van der Waals surface area contributed by atoms with Gasteiger partial charge in [0.2, 0.25) is 5.91 Å². The van der Waals surface area contributed by atoms with Crippen LogP contribution in [0.4, 0.5) is 11.4 Å². The number of Topliss-reactive ketones (excluding diaryl/α,β-unsaturated/α-hetero) is 1. The van der Waals surface area contributed by atoms with Gasteiger partial charge in [0, 0.05) is 30.6 Å². The summed E-state index contributed by atoms with van der Waals surface area (Å²) in [6.07, 6.45) is 3.25. The van der Waals surface area contributed by atoms with E-state index >= 15 is 0 Å². The molecule has 8 nitrogen and oxygen atoms in total. The molecule has 1 heterocycles. The van der Waals surface area contributed by atoms with E-state index in [2.05, 4.69) is 10.5 Å². The SMILES string of the molecule is CC12CCC(C(=O)N3CCCC3)(C(=O)C1=NNc1ccc([N+](=O)[O-])cc1)C2(C)C. The van der Waals surface area contributed by atoms with Crippen LogP contribution in [0.3, 0.4) is 0 Å². The van der Waals surface area contributed by atoms with Crippen molar-refractivity contribution in [1.82, 2.24) is 4.90 Å². The predicted octanol–water partition coefficient (Wildman–Crippen LogP) is 3.38. The fraction of sp³-hybridized carbons (Fsp3) is 0.571. The molecule has 0 aromatic heterocycles. The number of hydrazone groups is 1. The summed E-state index contributed by atoms with van der Waals surface area (Å²) in [6.45, 7) is 7.48. The Morgan fingerprint density at radius 2 is 1.76 bits per heavy atom. The van der Waals surface area contributed by atoms with Gasteiger partial charge < -0.3 is 4.90 Å². The zero-order valence-electron chi connectivity index (χ0n) is 17.0. The zero-order valence-corrected chi connectivity index (χ0v) is 17.0. The highest BCUT2D eigenvalue weighted by atomic mass is 16.6. The molecular weight excluding hydrogens is 372 g/mol. The fourth-order valence-electron chi connectivity index (χ4n) is 5.41. The van der Waals surface area contributed by atoms with Crippen LogP contribution in [0, 0.1) is 26.4 Å². The molecule has 2 unspecified atom stereocenters. The van der Waals surface area contributed by atoms with Crippen LogP contribution in [0.25, 0.3) is 0 Å². The molecular formula is C21H26N4O4. The van der Waals surface area contributed by atoms with Gasteiger partial charge in [0.05, 0.1) is 10.6 Å². The maximum Gasteiger partial charge on any atom is 0.269 e. The van der Waals surface area contributed by atoms with Crippen LogP contribution in [0.1, 0.15) is 46.5 Å². The van der Waals surface area contributed by atoms with Gasteiger partial charge in [0.15, 0.2) is 5.78 Å². The third-order valence-electron chi connectivity index (χ3n) is 7.71. The number of anilines is 1. The Balaban J connectivity index is 1.67. The molecule has 2 aliphatic carbocycles. The number of nitrogens with one attached hydrogen (secondary N) is 1. The zero-order chi connectivity index (χ0) is 21.0. The third kappa shape index (κ3) is 2.47. The molecule has 1 N–H and O–H groups in total. The number of nitro groups is 1. The normalized spacial score (nSPS) is 31.5. The van der Waals surface area contributed by atoms with Gasteiger partial charge in [-0.1, -0.05) is 20.8 Å². The molecule has 1 amide bonds. The molecule has 0 spiro atoms. The number of rotatable bonds is 4. The molecule has 1 saturated heterocycles. The highest BCUT2D eigenvalue weighted by Gasteiger charge is 2.77. The van der Waals surface area contributed by atoms with Crippen molar-refractivity contribution in [3.8, 4) is 0 Å². The summed E-state index contributed by atoms with van der Waals surface area (Å²) in [5.41, 5.74) is 1.73. The lowest BCUT2D eigenvalue weighted by Crippen LogP contribution is -2.51. The number of carbonyl (C=O) groups is 2. The standard InChI is InChI=1S/C21H26N4O4/c1-19(2)20(3)10-11-21(19,18(27)24-12-4-5-13-24)17(26)16(20)23-22-14-6-8-15(9-7-14)25(28)29/h6-9,22H,4-5,10-13H2,1-3H3. The van der Waals surface area contributed by atoms with Crippen LogP contribution in [0.15, 0.2) is 29.4 Å². The minimum atomic E-state index is -1.05. The van der Waals surface area contributed by atoms with E-state index in [4.69, 9.17) is 0 Å². The van der Waals surface area contributed by atoms with Crippen molar-refractivity contribution in [2.45, 2.75) is 46.5 Å². The number of benzene rings is 1. The number of hydrogen-bond acceptors (Lipinski definition) is 6. The molecule has 2 bridgehead atoms. The van der Waals surface area contributed by atoms with Crippen molar-refractivity contribution < 1.29 is 14.5 Å². The van der Waals surface area contributed by atoms with Crippen LogP contribution in [0.2, 0.25) is 0 Å². The number of ketones is 1. The first kappa shape index (κ1) is 19.5. The monoisotopic (exact) mass is 398 g/mol. The second-order valence-corrected chi connectivity index (χ2v) is 9.07. The molecule has 2 atom stereocenters. The lowest BCUT2D eigenvalue weighted by atomic mass is 9.64. The molecule has 1 aromatic carbocycles. The molecule has 4 rings (SSSR count). The van der Waals surface area contributed by atoms with Crippen LogP contribution in [-0.2, 0) is 9.59 Å². The fourth-order valence-corrected chi connectivity index (χ4v) is 5.41. The number of fused-ring (bicyclic) bond motifs is 2. The highest BCUT2D eigenvalue weighted by molar-refractivity contribution is 6.50. The van der Waals surface area contributed by atoms with E-state index in [1.54, 1.807) is 12.1 Å². The van der Waals surface area contributed by atoms with Gasteiger partial charge in [-0.2, -0.15) is 5.10 Å². The maximum absolute atomic E-state index is 13.6. The summed E-state index contributed by atoms with van der Waals surface area (Å²) >= 11 is 0. The number of nitro benzene ring substituents is 1. The van der Waals surface area contributed by atoms with Gasteiger partial charge in [-0.15, -0.1) is 0 Å². The number of non-ortho nitro benzene ring substituents is 1. The second kappa shape index (κ2) is 6.37. The molecule has 3 aliphatic rings. The average molecular weight is 398 g/mol. The summed E-state index contributed by atoms with van der Waals surface area (Å²) in [7, 11) is 0. The van der Waals surface area contributed by atoms with Crippen molar-refractivity contribution in [1.29, 1.82) is 0 Å². The van der Waals surface area contributed by atoms with E-state index in [1.165, 1.54) is 12.1 Å². The largest absolute Gasteiger partial charge is 0.342 e. The van der Waals surface area contributed by atoms with E-state index in [0.717, 1.165) is 19.3 Å². The average Bonchev–Trinajstić information content (AvgIpc) is 3.31. The molecule has 0 radical (unpaired) electrons. The Hall–Kier alpha value is -2.77. The first-order valence-corrected chi connectivity index (χ1v) is 10.1. The van der Waals surface area contributed by atoms with Crippen molar-refractivity contribution >= 4 is 28.8 Å². The van der Waals surface area contributed by atoms with Gasteiger partial charge in [-0.25, -0.2) is 0 Å². The third-order valence-corrected chi connectivity index (χ3v) is 7.71. The maximum atomic E-state index is 13.6. The van der Waals surface area contributed by atoms with E-state index in [0.29, 0.717) is 30.9 Å². The van der Waals surface area contributed by atoms with E-state index < -0.39 is 21.2 Å². The van der Waals surface area contributed by atoms with Crippen molar-refractivity contribution in [2.75, 3.05) is 18.5 Å². The van der Waals surface area contributed by atoms with Crippen molar-refractivity contribution in [3.05, 3.63) is 34.4 Å². The Bertz CT molecular complexity index is 917. The Labute approximate surface area is 169 Å². The molecule has 1 aromatic rings. The summed E-state index contributed by atoms with van der Waals surface area (Å²) in [5, 5.41) is 15.2. The quantitative estimate of drug-likeness (QED) is 0.475. The van der Waals surface area contributed by atoms with Crippen LogP contribution >= 0.6 is 0 Å². The molecule has 8 heteroatoms. The van der Waals surface area contributed by atoms with Crippen molar-refractivity contribution in [2.24, 2.45) is 21.3 Å².